The molecule has 3 aromatic rings. The summed E-state index contributed by atoms with van der Waals surface area (Å²) in [6, 6.07) is 13.1. The van der Waals surface area contributed by atoms with Crippen LogP contribution in [0.1, 0.15) is 17.2 Å². The minimum atomic E-state index is -0.253. The number of nitrogens with zero attached hydrogens (tertiary/aromatic N) is 3. The molecule has 1 aromatic carbocycles. The second-order valence-corrected chi connectivity index (χ2v) is 6.84. The van der Waals surface area contributed by atoms with Crippen molar-refractivity contribution in [1.29, 1.82) is 0 Å². The molecule has 1 aliphatic rings. The van der Waals surface area contributed by atoms with Gasteiger partial charge >= 0.3 is 0 Å². The molecule has 1 fully saturated rings. The fraction of sp³-hybridized carbons (Fsp3) is 0.211. The highest BCUT2D eigenvalue weighted by molar-refractivity contribution is 6.30. The molecular weight excluding hydrogens is 364 g/mol. The number of hydrazine groups is 1. The molecule has 3 heterocycles. The van der Waals surface area contributed by atoms with Gasteiger partial charge in [-0.2, -0.15) is 5.10 Å². The molecule has 3 N–H and O–H groups in total. The van der Waals surface area contributed by atoms with E-state index in [-0.39, 0.29) is 17.9 Å². The number of amides is 1. The Labute approximate surface area is 161 Å². The van der Waals surface area contributed by atoms with E-state index in [9.17, 15) is 4.79 Å². The highest BCUT2D eigenvalue weighted by atomic mass is 35.5. The van der Waals surface area contributed by atoms with E-state index >= 15 is 0 Å². The van der Waals surface area contributed by atoms with Crippen LogP contribution in [0.4, 0.5) is 5.82 Å². The van der Waals surface area contributed by atoms with Crippen LogP contribution in [-0.2, 0) is 11.3 Å². The molecule has 1 amide bonds. The molecule has 0 saturated carbocycles. The molecule has 27 heavy (non-hydrogen) atoms. The average Bonchev–Trinajstić information content (AvgIpc) is 3.33. The van der Waals surface area contributed by atoms with Crippen molar-refractivity contribution in [2.75, 3.05) is 11.9 Å². The quantitative estimate of drug-likeness (QED) is 0.631. The molecule has 2 aromatic heterocycles. The summed E-state index contributed by atoms with van der Waals surface area (Å²) in [6.07, 6.45) is 5.34. The number of pyridine rings is 1. The van der Waals surface area contributed by atoms with Crippen LogP contribution in [-0.4, -0.2) is 27.2 Å². The summed E-state index contributed by atoms with van der Waals surface area (Å²) >= 11 is 5.96. The third-order valence-corrected chi connectivity index (χ3v) is 4.79. The maximum absolute atomic E-state index is 12.8. The minimum Gasteiger partial charge on any atom is -0.309 e. The third kappa shape index (κ3) is 4.16. The van der Waals surface area contributed by atoms with Crippen LogP contribution >= 0.6 is 11.6 Å². The van der Waals surface area contributed by atoms with Crippen molar-refractivity contribution in [1.82, 2.24) is 25.6 Å². The van der Waals surface area contributed by atoms with E-state index < -0.39 is 0 Å². The van der Waals surface area contributed by atoms with Gasteiger partial charge in [-0.3, -0.25) is 19.9 Å². The number of hydrogen-bond acceptors (Lipinski definition) is 5. The van der Waals surface area contributed by atoms with Gasteiger partial charge in [0.25, 0.3) is 0 Å². The Hall–Kier alpha value is -2.74. The first-order valence-electron chi connectivity index (χ1n) is 8.66. The number of anilines is 1. The maximum atomic E-state index is 12.8. The van der Waals surface area contributed by atoms with Crippen LogP contribution in [0.3, 0.4) is 0 Å². The van der Waals surface area contributed by atoms with Crippen molar-refractivity contribution < 1.29 is 4.79 Å². The summed E-state index contributed by atoms with van der Waals surface area (Å²) in [5.41, 5.74) is 8.33. The summed E-state index contributed by atoms with van der Waals surface area (Å²) in [5.74, 6) is 0.203. The molecule has 0 aliphatic carbocycles. The van der Waals surface area contributed by atoms with Crippen molar-refractivity contribution in [2.24, 2.45) is 5.92 Å². The van der Waals surface area contributed by atoms with Gasteiger partial charge in [-0.1, -0.05) is 23.7 Å². The Morgan fingerprint density at radius 1 is 1.19 bits per heavy atom. The Morgan fingerprint density at radius 3 is 2.74 bits per heavy atom. The standard InChI is InChI=1S/C19H19ClN6O/c20-15-3-1-14(2-4-15)18-16(11-22-24-18)19(27)23-17-7-10-26(25-17)12-13-5-8-21-9-6-13/h1-10,16,18,22,24H,11-12H2,(H,23,25,27). The molecule has 138 valence electrons. The zero-order chi connectivity index (χ0) is 18.6. The molecule has 1 saturated heterocycles. The number of aromatic nitrogens is 3. The lowest BCUT2D eigenvalue weighted by molar-refractivity contribution is -0.119. The number of rotatable bonds is 5. The summed E-state index contributed by atoms with van der Waals surface area (Å²) in [4.78, 5) is 16.8. The molecule has 1 aliphatic heterocycles. The second kappa shape index (κ2) is 7.87. The number of carbonyl (C=O) groups is 1. The summed E-state index contributed by atoms with van der Waals surface area (Å²) in [5, 5.41) is 8.02. The highest BCUT2D eigenvalue weighted by Gasteiger charge is 2.34. The van der Waals surface area contributed by atoms with Crippen molar-refractivity contribution in [2.45, 2.75) is 12.6 Å². The topological polar surface area (TPSA) is 83.9 Å². The third-order valence-electron chi connectivity index (χ3n) is 4.53. The molecule has 0 spiro atoms. The molecule has 0 bridgehead atoms. The summed E-state index contributed by atoms with van der Waals surface area (Å²) in [6.45, 7) is 1.16. The Balaban J connectivity index is 1.42. The van der Waals surface area contributed by atoms with Crippen molar-refractivity contribution >= 4 is 23.3 Å². The largest absolute Gasteiger partial charge is 0.309 e. The SMILES string of the molecule is O=C(Nc1ccn(Cc2ccncc2)n1)C1CNNC1c1ccc(Cl)cc1. The smallest absolute Gasteiger partial charge is 0.232 e. The van der Waals surface area contributed by atoms with E-state index in [2.05, 4.69) is 26.3 Å². The zero-order valence-corrected chi connectivity index (χ0v) is 15.2. The lowest BCUT2D eigenvalue weighted by atomic mass is 9.94. The Kier molecular flexibility index (Phi) is 5.15. The second-order valence-electron chi connectivity index (χ2n) is 6.40. The van der Waals surface area contributed by atoms with Crippen molar-refractivity contribution in [3.05, 3.63) is 77.2 Å². The molecule has 0 radical (unpaired) electrons. The first-order chi connectivity index (χ1) is 13.2. The van der Waals surface area contributed by atoms with Gasteiger partial charge in [0.15, 0.2) is 5.82 Å². The normalized spacial score (nSPS) is 19.1. The Morgan fingerprint density at radius 2 is 1.96 bits per heavy atom. The van der Waals surface area contributed by atoms with Crippen LogP contribution in [0.2, 0.25) is 5.02 Å². The molecule has 8 heteroatoms. The van der Waals surface area contributed by atoms with E-state index in [1.807, 2.05) is 42.6 Å². The van der Waals surface area contributed by atoms with E-state index in [1.54, 1.807) is 23.1 Å². The van der Waals surface area contributed by atoms with Crippen LogP contribution < -0.4 is 16.2 Å². The van der Waals surface area contributed by atoms with Gasteiger partial charge in [-0.15, -0.1) is 0 Å². The first-order valence-corrected chi connectivity index (χ1v) is 9.04. The van der Waals surface area contributed by atoms with E-state index in [0.717, 1.165) is 11.1 Å². The van der Waals surface area contributed by atoms with Gasteiger partial charge in [0.1, 0.15) is 0 Å². The van der Waals surface area contributed by atoms with Gasteiger partial charge in [-0.25, -0.2) is 5.43 Å². The average molecular weight is 383 g/mol. The lowest BCUT2D eigenvalue weighted by Crippen LogP contribution is -2.29. The predicted molar refractivity (Wildman–Crippen MR) is 103 cm³/mol. The van der Waals surface area contributed by atoms with E-state index in [1.165, 1.54) is 0 Å². The number of hydrogen-bond donors (Lipinski definition) is 3. The number of nitrogens with one attached hydrogen (secondary N) is 3. The number of carbonyl (C=O) groups excluding carboxylic acids is 1. The van der Waals surface area contributed by atoms with Gasteiger partial charge < -0.3 is 5.32 Å². The van der Waals surface area contributed by atoms with Crippen LogP contribution in [0.25, 0.3) is 0 Å². The molecule has 4 rings (SSSR count). The maximum Gasteiger partial charge on any atom is 0.232 e. The van der Waals surface area contributed by atoms with Gasteiger partial charge in [0, 0.05) is 36.2 Å². The van der Waals surface area contributed by atoms with E-state index in [4.69, 9.17) is 11.6 Å². The van der Waals surface area contributed by atoms with Gasteiger partial charge in [0.2, 0.25) is 5.91 Å². The number of halogens is 1. The summed E-state index contributed by atoms with van der Waals surface area (Å²) < 4.78 is 1.78. The fourth-order valence-corrected chi connectivity index (χ4v) is 3.26. The van der Waals surface area contributed by atoms with E-state index in [0.29, 0.717) is 23.9 Å². The zero-order valence-electron chi connectivity index (χ0n) is 14.5. The van der Waals surface area contributed by atoms with Crippen LogP contribution in [0, 0.1) is 5.92 Å². The van der Waals surface area contributed by atoms with Gasteiger partial charge in [-0.05, 0) is 35.4 Å². The van der Waals surface area contributed by atoms with Crippen molar-refractivity contribution in [3.63, 3.8) is 0 Å². The van der Waals surface area contributed by atoms with Crippen molar-refractivity contribution in [3.8, 4) is 0 Å². The first kappa shape index (κ1) is 17.7. The molecule has 7 nitrogen and oxygen atoms in total. The molecule has 2 unspecified atom stereocenters. The monoisotopic (exact) mass is 382 g/mol. The Bertz CT molecular complexity index is 911. The predicted octanol–water partition coefficient (Wildman–Crippen LogP) is 2.38. The summed E-state index contributed by atoms with van der Waals surface area (Å²) in [7, 11) is 0. The number of benzene rings is 1. The molecular formula is C19H19ClN6O. The lowest BCUT2D eigenvalue weighted by Gasteiger charge is -2.18. The minimum absolute atomic E-state index is 0.0818. The van der Waals surface area contributed by atoms with Gasteiger partial charge in [0.05, 0.1) is 18.5 Å². The molecule has 2 atom stereocenters. The highest BCUT2D eigenvalue weighted by Crippen LogP contribution is 2.27. The van der Waals surface area contributed by atoms with Crippen LogP contribution in [0.15, 0.2) is 61.1 Å². The fourth-order valence-electron chi connectivity index (χ4n) is 3.14. The van der Waals surface area contributed by atoms with Crippen LogP contribution in [0.5, 0.6) is 0 Å².